The second kappa shape index (κ2) is 15.5. The number of ether oxygens (including phenoxy) is 3. The van der Waals surface area contributed by atoms with Gasteiger partial charge in [0.2, 0.25) is 12.7 Å². The first kappa shape index (κ1) is 35.1. The summed E-state index contributed by atoms with van der Waals surface area (Å²) in [5.41, 5.74) is 1.53. The summed E-state index contributed by atoms with van der Waals surface area (Å²) < 4.78 is 22.9. The fourth-order valence-corrected chi connectivity index (χ4v) is 5.78. The Labute approximate surface area is 298 Å². The van der Waals surface area contributed by atoms with Crippen molar-refractivity contribution in [3.05, 3.63) is 143 Å². The van der Waals surface area contributed by atoms with Gasteiger partial charge < -0.3 is 29.3 Å². The maximum absolute atomic E-state index is 14.1. The molecule has 0 saturated carbocycles. The molecule has 264 valence electrons. The Morgan fingerprint density at radius 2 is 1.58 bits per heavy atom. The van der Waals surface area contributed by atoms with Crippen molar-refractivity contribution in [1.82, 2.24) is 15.2 Å². The van der Waals surface area contributed by atoms with Crippen molar-refractivity contribution < 1.29 is 42.6 Å². The van der Waals surface area contributed by atoms with Crippen LogP contribution in [0.5, 0.6) is 0 Å². The number of nitrogens with one attached hydrogen (secondary N) is 2. The molecule has 0 aliphatic carbocycles. The zero-order chi connectivity index (χ0) is 36.7. The lowest BCUT2D eigenvalue weighted by molar-refractivity contribution is -0.127. The first-order chi connectivity index (χ1) is 25.1. The zero-order valence-electron chi connectivity index (χ0n) is 28.4. The summed E-state index contributed by atoms with van der Waals surface area (Å²) in [5.74, 6) is -0.798. The minimum absolute atomic E-state index is 0.0490. The van der Waals surface area contributed by atoms with Gasteiger partial charge in [-0.3, -0.25) is 14.2 Å². The van der Waals surface area contributed by atoms with Crippen molar-refractivity contribution in [1.29, 1.82) is 0 Å². The van der Waals surface area contributed by atoms with Crippen molar-refractivity contribution in [3.8, 4) is 0 Å². The molecule has 0 spiro atoms. The number of amides is 2. The average Bonchev–Trinajstić information content (AvgIpc) is 3.75. The molecular weight excluding hydrogens is 666 g/mol. The third kappa shape index (κ3) is 8.02. The molecule has 2 atom stereocenters. The molecule has 52 heavy (non-hydrogen) atoms. The van der Waals surface area contributed by atoms with Crippen LogP contribution in [-0.4, -0.2) is 47.2 Å². The highest BCUT2D eigenvalue weighted by Crippen LogP contribution is 2.27. The van der Waals surface area contributed by atoms with E-state index in [1.165, 1.54) is 35.0 Å². The van der Waals surface area contributed by atoms with Gasteiger partial charge in [-0.2, -0.15) is 0 Å². The van der Waals surface area contributed by atoms with Crippen LogP contribution in [0.25, 0.3) is 21.9 Å². The largest absolute Gasteiger partial charge is 0.457 e. The number of carbonyl (C=O) groups is 5. The standard InChI is InChI=1S/C40H35N3O9/c1-26(28-10-4-3-5-11-28)41-37(46)40(2,42-38(47)49-24-32-20-30-12-6-9-15-35(30)52-32)21-31-22-43(34-14-8-7-13-33(31)34)39(48)51-25-50-36(45)29-18-16-27(23-44)17-19-29/h3-20,22-23,26H,21,24-25H2,1-2H3,(H,41,46)(H,42,47)/t26-,40+/m0/s1. The van der Waals surface area contributed by atoms with Gasteiger partial charge in [-0.15, -0.1) is 0 Å². The molecule has 2 N–H and O–H groups in total. The van der Waals surface area contributed by atoms with Crippen molar-refractivity contribution >= 4 is 52.2 Å². The molecule has 12 heteroatoms. The number of para-hydroxylation sites is 2. The normalized spacial score (nSPS) is 12.7. The number of furan rings is 1. The number of nitrogens with zero attached hydrogens (tertiary/aromatic N) is 1. The van der Waals surface area contributed by atoms with Crippen LogP contribution in [0.15, 0.2) is 120 Å². The Hall–Kier alpha value is -6.69. The summed E-state index contributed by atoms with van der Waals surface area (Å²) in [6.07, 6.45) is 0.427. The van der Waals surface area contributed by atoms with Gasteiger partial charge >= 0.3 is 18.2 Å². The van der Waals surface area contributed by atoms with Crippen LogP contribution in [0.1, 0.15) is 57.5 Å². The van der Waals surface area contributed by atoms with E-state index in [1.54, 1.807) is 37.3 Å². The van der Waals surface area contributed by atoms with E-state index >= 15 is 0 Å². The lowest BCUT2D eigenvalue weighted by Crippen LogP contribution is -2.58. The summed E-state index contributed by atoms with van der Waals surface area (Å²) in [6, 6.07) is 30.9. The molecule has 4 aromatic carbocycles. The predicted molar refractivity (Wildman–Crippen MR) is 191 cm³/mol. The molecule has 0 radical (unpaired) electrons. The third-order valence-electron chi connectivity index (χ3n) is 8.54. The smallest absolute Gasteiger partial charge is 0.421 e. The summed E-state index contributed by atoms with van der Waals surface area (Å²) in [6.45, 7) is 2.57. The van der Waals surface area contributed by atoms with Crippen molar-refractivity contribution in [2.24, 2.45) is 0 Å². The highest BCUT2D eigenvalue weighted by atomic mass is 16.7. The minimum Gasteiger partial charge on any atom is -0.457 e. The fraction of sp³-hybridized carbons (Fsp3) is 0.175. The second-order valence-electron chi connectivity index (χ2n) is 12.3. The maximum atomic E-state index is 14.1. The van der Waals surface area contributed by atoms with Crippen LogP contribution >= 0.6 is 0 Å². The second-order valence-corrected chi connectivity index (χ2v) is 12.3. The molecular formula is C40H35N3O9. The van der Waals surface area contributed by atoms with Gasteiger partial charge in [0.05, 0.1) is 17.1 Å². The van der Waals surface area contributed by atoms with Crippen molar-refractivity contribution in [2.75, 3.05) is 6.79 Å². The molecule has 2 amide bonds. The molecule has 0 aliphatic rings. The number of aromatic nitrogens is 1. The SMILES string of the molecule is C[C@H](NC(=O)[C@@](C)(Cc1cn(C(=O)OCOC(=O)c2ccc(C=O)cc2)c2ccccc12)NC(=O)OCc1cc2ccccc2o1)c1ccccc1. The Kier molecular flexibility index (Phi) is 10.5. The average molecular weight is 702 g/mol. The van der Waals surface area contributed by atoms with Crippen molar-refractivity contribution in [2.45, 2.75) is 38.5 Å². The van der Waals surface area contributed by atoms with Gasteiger partial charge in [-0.1, -0.05) is 78.9 Å². The molecule has 12 nitrogen and oxygen atoms in total. The molecule has 0 aliphatic heterocycles. The number of rotatable bonds is 12. The quantitative estimate of drug-likeness (QED) is 0.0772. The molecule has 0 unspecified atom stereocenters. The predicted octanol–water partition coefficient (Wildman–Crippen LogP) is 7.10. The molecule has 0 fully saturated rings. The molecule has 6 aromatic rings. The Balaban J connectivity index is 1.20. The summed E-state index contributed by atoms with van der Waals surface area (Å²) in [5, 5.41) is 7.24. The Morgan fingerprint density at radius 1 is 0.865 bits per heavy atom. The molecule has 6 rings (SSSR count). The van der Waals surface area contributed by atoms with Gasteiger partial charge in [-0.25, -0.2) is 14.4 Å². The lowest BCUT2D eigenvalue weighted by atomic mass is 9.91. The van der Waals surface area contributed by atoms with E-state index in [9.17, 15) is 24.0 Å². The summed E-state index contributed by atoms with van der Waals surface area (Å²) >= 11 is 0. The summed E-state index contributed by atoms with van der Waals surface area (Å²) in [7, 11) is 0. The van der Waals surface area contributed by atoms with Crippen LogP contribution < -0.4 is 10.6 Å². The highest BCUT2D eigenvalue weighted by Gasteiger charge is 2.38. The van der Waals surface area contributed by atoms with E-state index < -0.39 is 42.4 Å². The first-order valence-electron chi connectivity index (χ1n) is 16.4. The zero-order valence-corrected chi connectivity index (χ0v) is 28.4. The van der Waals surface area contributed by atoms with Crippen LogP contribution in [0.4, 0.5) is 9.59 Å². The van der Waals surface area contributed by atoms with E-state index in [0.717, 1.165) is 10.9 Å². The Bertz CT molecular complexity index is 2210. The number of benzene rings is 4. The lowest BCUT2D eigenvalue weighted by Gasteiger charge is -2.30. The molecule has 0 bridgehead atoms. The minimum atomic E-state index is -1.57. The monoisotopic (exact) mass is 701 g/mol. The van der Waals surface area contributed by atoms with Crippen LogP contribution in [0.3, 0.4) is 0 Å². The first-order valence-corrected chi connectivity index (χ1v) is 16.4. The van der Waals surface area contributed by atoms with Crippen LogP contribution in [0.2, 0.25) is 0 Å². The van der Waals surface area contributed by atoms with E-state index in [0.29, 0.717) is 39.7 Å². The van der Waals surface area contributed by atoms with E-state index in [-0.39, 0.29) is 18.6 Å². The Morgan fingerprint density at radius 3 is 2.33 bits per heavy atom. The topological polar surface area (TPSA) is 155 Å². The number of fused-ring (bicyclic) bond motifs is 2. The van der Waals surface area contributed by atoms with Crippen molar-refractivity contribution in [3.63, 3.8) is 0 Å². The highest BCUT2D eigenvalue weighted by molar-refractivity contribution is 5.95. The van der Waals surface area contributed by atoms with E-state index in [1.807, 2.05) is 61.5 Å². The number of carbonyl (C=O) groups excluding carboxylic acids is 5. The van der Waals surface area contributed by atoms with Crippen LogP contribution in [-0.2, 0) is 32.0 Å². The third-order valence-corrected chi connectivity index (χ3v) is 8.54. The fourth-order valence-electron chi connectivity index (χ4n) is 5.78. The van der Waals surface area contributed by atoms with Gasteiger partial charge in [0.15, 0.2) is 6.61 Å². The number of hydrogen-bond acceptors (Lipinski definition) is 9. The van der Waals surface area contributed by atoms with Gasteiger partial charge in [0, 0.05) is 29.0 Å². The van der Waals surface area contributed by atoms with E-state index in [4.69, 9.17) is 18.6 Å². The number of esters is 1. The van der Waals surface area contributed by atoms with Crippen LogP contribution in [0, 0.1) is 0 Å². The summed E-state index contributed by atoms with van der Waals surface area (Å²) in [4.78, 5) is 63.9. The van der Waals surface area contributed by atoms with E-state index in [2.05, 4.69) is 10.6 Å². The number of aldehydes is 1. The van der Waals surface area contributed by atoms with Gasteiger partial charge in [0.1, 0.15) is 23.2 Å². The van der Waals surface area contributed by atoms with Gasteiger partial charge in [0.25, 0.3) is 0 Å². The van der Waals surface area contributed by atoms with Gasteiger partial charge in [-0.05, 0) is 55.3 Å². The number of hydrogen-bond donors (Lipinski definition) is 2. The molecule has 2 aromatic heterocycles. The molecule has 2 heterocycles. The maximum Gasteiger partial charge on any atom is 0.421 e. The molecule has 0 saturated heterocycles. The number of alkyl carbamates (subject to hydrolysis) is 1.